The third-order valence-corrected chi connectivity index (χ3v) is 5.92. The molecule has 0 amide bonds. The Labute approximate surface area is 222 Å². The van der Waals surface area contributed by atoms with Crippen LogP contribution in [0.4, 0.5) is 5.69 Å². The number of rotatable bonds is 15. The van der Waals surface area contributed by atoms with E-state index in [0.29, 0.717) is 12.4 Å². The molecule has 3 aromatic carbocycles. The normalized spacial score (nSPS) is 10.6. The van der Waals surface area contributed by atoms with Crippen LogP contribution < -0.4 is 14.2 Å². The van der Waals surface area contributed by atoms with Gasteiger partial charge in [0.15, 0.2) is 0 Å². The van der Waals surface area contributed by atoms with E-state index in [1.165, 1.54) is 87.1 Å². The highest BCUT2D eigenvalue weighted by atomic mass is 16.6. The zero-order valence-corrected chi connectivity index (χ0v) is 21.6. The fraction of sp³-hybridized carbons (Fsp3) is 0.333. The molecule has 200 valence electrons. The molecule has 8 nitrogen and oxygen atoms in total. The average Bonchev–Trinajstić information content (AvgIpc) is 2.93. The first-order chi connectivity index (χ1) is 18.5. The number of carbonyl (C=O) groups is 2. The number of nitro groups is 1. The molecule has 0 aliphatic carbocycles. The fourth-order valence-electron chi connectivity index (χ4n) is 3.74. The molecule has 0 unspecified atom stereocenters. The first kappa shape index (κ1) is 28.4. The third-order valence-electron chi connectivity index (χ3n) is 5.92. The molecular weight excluding hydrogens is 486 g/mol. The van der Waals surface area contributed by atoms with Gasteiger partial charge in [0.1, 0.15) is 17.2 Å². The van der Waals surface area contributed by atoms with Crippen molar-refractivity contribution in [2.24, 2.45) is 0 Å². The Morgan fingerprint density at radius 3 is 1.55 bits per heavy atom. The lowest BCUT2D eigenvalue weighted by molar-refractivity contribution is -0.384. The Morgan fingerprint density at radius 2 is 1.05 bits per heavy atom. The predicted octanol–water partition coefficient (Wildman–Crippen LogP) is 7.55. The summed E-state index contributed by atoms with van der Waals surface area (Å²) >= 11 is 0. The smallest absolute Gasteiger partial charge is 0.343 e. The van der Waals surface area contributed by atoms with E-state index >= 15 is 0 Å². The quantitative estimate of drug-likeness (QED) is 0.0671. The van der Waals surface area contributed by atoms with Gasteiger partial charge in [-0.25, -0.2) is 9.59 Å². The summed E-state index contributed by atoms with van der Waals surface area (Å²) in [4.78, 5) is 34.9. The summed E-state index contributed by atoms with van der Waals surface area (Å²) in [6.07, 6.45) is 9.95. The number of ether oxygens (including phenoxy) is 3. The van der Waals surface area contributed by atoms with Gasteiger partial charge in [-0.3, -0.25) is 10.1 Å². The Kier molecular flexibility index (Phi) is 11.3. The van der Waals surface area contributed by atoms with Gasteiger partial charge in [0.05, 0.1) is 22.7 Å². The number of nitrogens with zero attached hydrogens (tertiary/aromatic N) is 1. The largest absolute Gasteiger partial charge is 0.494 e. The van der Waals surface area contributed by atoms with Crippen LogP contribution in [0.2, 0.25) is 0 Å². The lowest BCUT2D eigenvalue weighted by atomic mass is 10.1. The molecule has 0 aliphatic heterocycles. The monoisotopic (exact) mass is 519 g/mol. The maximum atomic E-state index is 12.5. The van der Waals surface area contributed by atoms with E-state index in [2.05, 4.69) is 6.92 Å². The second-order valence-electron chi connectivity index (χ2n) is 8.90. The average molecular weight is 520 g/mol. The summed E-state index contributed by atoms with van der Waals surface area (Å²) in [6, 6.07) is 17.9. The number of non-ortho nitro benzene ring substituents is 1. The number of nitro benzene ring substituents is 1. The number of benzene rings is 3. The van der Waals surface area contributed by atoms with Crippen molar-refractivity contribution in [3.8, 4) is 17.2 Å². The highest BCUT2D eigenvalue weighted by molar-refractivity contribution is 5.92. The molecule has 0 heterocycles. The van der Waals surface area contributed by atoms with Crippen LogP contribution in [0.25, 0.3) is 0 Å². The lowest BCUT2D eigenvalue weighted by Crippen LogP contribution is -2.10. The standard InChI is InChI=1S/C30H33NO7/c1-2-3-4-5-6-7-8-9-22-36-26-18-20-28(21-19-26)38-30(33)24-12-16-27(17-13-24)37-29(32)23-10-14-25(15-11-23)31(34)35/h10-21H,2-9,22H2,1H3. The van der Waals surface area contributed by atoms with Crippen molar-refractivity contribution in [1.29, 1.82) is 0 Å². The van der Waals surface area contributed by atoms with Crippen molar-refractivity contribution >= 4 is 17.6 Å². The zero-order chi connectivity index (χ0) is 27.2. The molecule has 0 atom stereocenters. The lowest BCUT2D eigenvalue weighted by Gasteiger charge is -2.09. The van der Waals surface area contributed by atoms with Gasteiger partial charge in [0.25, 0.3) is 5.69 Å². The van der Waals surface area contributed by atoms with Gasteiger partial charge in [0, 0.05) is 12.1 Å². The summed E-state index contributed by atoms with van der Waals surface area (Å²) in [5.74, 6) is 0.128. The Morgan fingerprint density at radius 1 is 0.632 bits per heavy atom. The van der Waals surface area contributed by atoms with Gasteiger partial charge in [-0.05, 0) is 67.1 Å². The summed E-state index contributed by atoms with van der Waals surface area (Å²) in [6.45, 7) is 2.89. The second-order valence-corrected chi connectivity index (χ2v) is 8.90. The first-order valence-corrected chi connectivity index (χ1v) is 13.0. The fourth-order valence-corrected chi connectivity index (χ4v) is 3.74. The molecule has 0 spiro atoms. The molecule has 0 fully saturated rings. The van der Waals surface area contributed by atoms with E-state index in [1.54, 1.807) is 24.3 Å². The van der Waals surface area contributed by atoms with E-state index in [4.69, 9.17) is 14.2 Å². The number of hydrogen-bond donors (Lipinski definition) is 0. The van der Waals surface area contributed by atoms with Gasteiger partial charge in [-0.1, -0.05) is 51.9 Å². The van der Waals surface area contributed by atoms with Crippen molar-refractivity contribution in [2.75, 3.05) is 6.61 Å². The van der Waals surface area contributed by atoms with Gasteiger partial charge in [-0.2, -0.15) is 0 Å². The molecule has 0 saturated carbocycles. The minimum absolute atomic E-state index is 0.120. The van der Waals surface area contributed by atoms with Crippen LogP contribution in [0.1, 0.15) is 79.0 Å². The Balaban J connectivity index is 1.40. The van der Waals surface area contributed by atoms with E-state index in [1.807, 2.05) is 0 Å². The highest BCUT2D eigenvalue weighted by Gasteiger charge is 2.13. The summed E-state index contributed by atoms with van der Waals surface area (Å²) in [7, 11) is 0. The van der Waals surface area contributed by atoms with Gasteiger partial charge < -0.3 is 14.2 Å². The van der Waals surface area contributed by atoms with Crippen molar-refractivity contribution < 1.29 is 28.7 Å². The minimum atomic E-state index is -0.667. The van der Waals surface area contributed by atoms with Crippen molar-refractivity contribution in [2.45, 2.75) is 58.3 Å². The molecule has 0 aromatic heterocycles. The summed E-state index contributed by atoms with van der Waals surface area (Å²) in [5, 5.41) is 10.7. The van der Waals surface area contributed by atoms with Gasteiger partial charge in [0.2, 0.25) is 0 Å². The summed E-state index contributed by atoms with van der Waals surface area (Å²) < 4.78 is 16.5. The van der Waals surface area contributed by atoms with Crippen LogP contribution in [0.5, 0.6) is 17.2 Å². The molecule has 3 rings (SSSR count). The number of esters is 2. The van der Waals surface area contributed by atoms with Crippen LogP contribution in [0.15, 0.2) is 72.8 Å². The van der Waals surface area contributed by atoms with E-state index < -0.39 is 16.9 Å². The molecular formula is C30H33NO7. The molecule has 0 N–H and O–H groups in total. The molecule has 8 heteroatoms. The Bertz CT molecular complexity index is 1170. The Hall–Kier alpha value is -4.20. The van der Waals surface area contributed by atoms with Crippen LogP contribution in [0, 0.1) is 10.1 Å². The van der Waals surface area contributed by atoms with Gasteiger partial charge in [-0.15, -0.1) is 0 Å². The molecule has 3 aromatic rings. The number of unbranched alkanes of at least 4 members (excludes halogenated alkanes) is 7. The molecule has 38 heavy (non-hydrogen) atoms. The highest BCUT2D eigenvalue weighted by Crippen LogP contribution is 2.21. The van der Waals surface area contributed by atoms with Crippen LogP contribution >= 0.6 is 0 Å². The van der Waals surface area contributed by atoms with Gasteiger partial charge >= 0.3 is 11.9 Å². The SMILES string of the molecule is CCCCCCCCCCOc1ccc(OC(=O)c2ccc(OC(=O)c3ccc([N+](=O)[O-])cc3)cc2)cc1. The number of carbonyl (C=O) groups excluding carboxylic acids is 2. The van der Waals surface area contributed by atoms with E-state index in [-0.39, 0.29) is 22.6 Å². The van der Waals surface area contributed by atoms with Crippen LogP contribution in [-0.2, 0) is 0 Å². The second kappa shape index (κ2) is 15.1. The molecule has 0 radical (unpaired) electrons. The zero-order valence-electron chi connectivity index (χ0n) is 21.6. The van der Waals surface area contributed by atoms with Crippen molar-refractivity contribution in [1.82, 2.24) is 0 Å². The third kappa shape index (κ3) is 9.35. The van der Waals surface area contributed by atoms with Crippen LogP contribution in [-0.4, -0.2) is 23.5 Å². The van der Waals surface area contributed by atoms with Crippen molar-refractivity contribution in [3.05, 3.63) is 94.0 Å². The maximum Gasteiger partial charge on any atom is 0.343 e. The van der Waals surface area contributed by atoms with Crippen molar-refractivity contribution in [3.63, 3.8) is 0 Å². The topological polar surface area (TPSA) is 105 Å². The predicted molar refractivity (Wildman–Crippen MR) is 144 cm³/mol. The first-order valence-electron chi connectivity index (χ1n) is 13.0. The molecule has 0 saturated heterocycles. The minimum Gasteiger partial charge on any atom is -0.494 e. The van der Waals surface area contributed by atoms with E-state index in [0.717, 1.165) is 18.6 Å². The van der Waals surface area contributed by atoms with E-state index in [9.17, 15) is 19.7 Å². The maximum absolute atomic E-state index is 12.5. The molecule has 0 bridgehead atoms. The van der Waals surface area contributed by atoms with Crippen LogP contribution in [0.3, 0.4) is 0 Å². The molecule has 0 aliphatic rings. The number of hydrogen-bond acceptors (Lipinski definition) is 7. The summed E-state index contributed by atoms with van der Waals surface area (Å²) in [5.41, 5.74) is 0.338.